The number of thioether (sulfide) groups is 1. The van der Waals surface area contributed by atoms with Crippen molar-refractivity contribution in [3.8, 4) is 0 Å². The van der Waals surface area contributed by atoms with Crippen molar-refractivity contribution in [2.24, 2.45) is 11.8 Å². The highest BCUT2D eigenvalue weighted by atomic mass is 32.2. The lowest BCUT2D eigenvalue weighted by atomic mass is 9.81. The average Bonchev–Trinajstić information content (AvgIpc) is 2.95. The largest absolute Gasteiger partial charge is 0.230 e. The van der Waals surface area contributed by atoms with Crippen LogP contribution in [0.15, 0.2) is 40.3 Å². The number of fused-ring (bicyclic) bond motifs is 1. The van der Waals surface area contributed by atoms with Crippen molar-refractivity contribution in [3.63, 3.8) is 0 Å². The molecule has 1 nitrogen and oxygen atoms in total. The second kappa shape index (κ2) is 7.65. The van der Waals surface area contributed by atoms with Gasteiger partial charge in [0.05, 0.1) is 10.2 Å². The van der Waals surface area contributed by atoms with E-state index in [4.69, 9.17) is 4.98 Å². The Hall–Kier alpha value is -0.800. The van der Waals surface area contributed by atoms with Crippen molar-refractivity contribution in [2.75, 3.05) is 5.75 Å². The van der Waals surface area contributed by atoms with Crippen LogP contribution in [0.1, 0.15) is 46.0 Å². The van der Waals surface area contributed by atoms with E-state index in [1.807, 2.05) is 23.1 Å². The lowest BCUT2D eigenvalue weighted by molar-refractivity contribution is 0.292. The number of thiazole rings is 1. The zero-order valence-corrected chi connectivity index (χ0v) is 15.2. The third-order valence-corrected chi connectivity index (χ3v) is 7.01. The average molecular weight is 332 g/mol. The van der Waals surface area contributed by atoms with Crippen LogP contribution >= 0.6 is 23.1 Å². The minimum Gasteiger partial charge on any atom is -0.230 e. The minimum absolute atomic E-state index is 0.929. The fourth-order valence-corrected chi connectivity index (χ4v) is 5.09. The molecule has 1 aromatic carbocycles. The molecule has 1 aliphatic rings. The topological polar surface area (TPSA) is 12.9 Å². The van der Waals surface area contributed by atoms with Gasteiger partial charge in [-0.3, -0.25) is 0 Å². The monoisotopic (exact) mass is 331 g/mol. The zero-order valence-electron chi connectivity index (χ0n) is 13.5. The van der Waals surface area contributed by atoms with Crippen LogP contribution in [0.2, 0.25) is 0 Å². The molecule has 0 amide bonds. The van der Waals surface area contributed by atoms with Crippen molar-refractivity contribution in [2.45, 2.75) is 50.3 Å². The minimum atomic E-state index is 0.929. The zero-order chi connectivity index (χ0) is 15.4. The third kappa shape index (κ3) is 4.36. The number of hydrogen-bond donors (Lipinski definition) is 0. The van der Waals surface area contributed by atoms with E-state index in [2.05, 4.69) is 44.2 Å². The van der Waals surface area contributed by atoms with Crippen molar-refractivity contribution in [3.05, 3.63) is 35.9 Å². The van der Waals surface area contributed by atoms with E-state index in [0.717, 1.165) is 23.1 Å². The van der Waals surface area contributed by atoms with Gasteiger partial charge in [-0.25, -0.2) is 4.98 Å². The third-order valence-electron chi connectivity index (χ3n) is 4.63. The number of para-hydroxylation sites is 1. The van der Waals surface area contributed by atoms with Crippen molar-refractivity contribution in [1.29, 1.82) is 0 Å². The highest BCUT2D eigenvalue weighted by Crippen LogP contribution is 2.32. The van der Waals surface area contributed by atoms with Crippen molar-refractivity contribution < 1.29 is 0 Å². The van der Waals surface area contributed by atoms with Gasteiger partial charge < -0.3 is 0 Å². The summed E-state index contributed by atoms with van der Waals surface area (Å²) in [6, 6.07) is 8.41. The summed E-state index contributed by atoms with van der Waals surface area (Å²) in [7, 11) is 0. The second-order valence-electron chi connectivity index (χ2n) is 6.65. The van der Waals surface area contributed by atoms with Gasteiger partial charge in [-0.05, 0) is 50.2 Å². The Morgan fingerprint density at radius 2 is 2.05 bits per heavy atom. The fraction of sp³-hybridized carbons (Fsp3) is 0.526. The molecule has 0 saturated heterocycles. The number of hydrogen-bond acceptors (Lipinski definition) is 3. The van der Waals surface area contributed by atoms with Gasteiger partial charge in [0.2, 0.25) is 0 Å². The smallest absolute Gasteiger partial charge is 0.151 e. The Balaban J connectivity index is 1.49. The number of allylic oxidation sites excluding steroid dienone is 1. The Bertz CT molecular complexity index is 603. The fourth-order valence-electron chi connectivity index (χ4n) is 3.08. The van der Waals surface area contributed by atoms with Gasteiger partial charge in [0.1, 0.15) is 0 Å². The van der Waals surface area contributed by atoms with Crippen LogP contribution in [0.25, 0.3) is 10.2 Å². The molecular weight excluding hydrogens is 306 g/mol. The van der Waals surface area contributed by atoms with E-state index in [1.54, 1.807) is 0 Å². The molecule has 22 heavy (non-hydrogen) atoms. The summed E-state index contributed by atoms with van der Waals surface area (Å²) < 4.78 is 2.49. The molecule has 0 aliphatic heterocycles. The van der Waals surface area contributed by atoms with Gasteiger partial charge in [-0.2, -0.15) is 0 Å². The molecular formula is C19H25NS2. The van der Waals surface area contributed by atoms with Crippen LogP contribution in [-0.4, -0.2) is 10.7 Å². The van der Waals surface area contributed by atoms with Crippen LogP contribution < -0.4 is 0 Å². The summed E-state index contributed by atoms with van der Waals surface area (Å²) in [4.78, 5) is 4.70. The van der Waals surface area contributed by atoms with E-state index in [-0.39, 0.29) is 0 Å². The molecule has 0 spiro atoms. The Kier molecular flexibility index (Phi) is 5.59. The van der Waals surface area contributed by atoms with Gasteiger partial charge in [0.15, 0.2) is 4.34 Å². The highest BCUT2D eigenvalue weighted by Gasteiger charge is 2.16. The molecule has 1 saturated carbocycles. The van der Waals surface area contributed by atoms with Gasteiger partial charge in [-0.15, -0.1) is 11.3 Å². The first-order chi connectivity index (χ1) is 10.7. The van der Waals surface area contributed by atoms with Gasteiger partial charge in [0, 0.05) is 5.75 Å². The Morgan fingerprint density at radius 3 is 2.82 bits per heavy atom. The van der Waals surface area contributed by atoms with Crippen LogP contribution in [0.5, 0.6) is 0 Å². The summed E-state index contributed by atoms with van der Waals surface area (Å²) >= 11 is 3.69. The summed E-state index contributed by atoms with van der Waals surface area (Å²) in [5.41, 5.74) is 2.64. The molecule has 1 fully saturated rings. The maximum absolute atomic E-state index is 4.70. The number of rotatable bonds is 5. The number of benzene rings is 1. The first-order valence-corrected chi connectivity index (χ1v) is 10.1. The molecule has 0 N–H and O–H groups in total. The van der Waals surface area contributed by atoms with E-state index in [9.17, 15) is 0 Å². The molecule has 2 aromatic rings. The standard InChI is InChI=1S/C19H25NS2/c1-14-7-10-16(11-8-14)12-9-15(2)13-21-19-20-17-5-3-4-6-18(17)22-19/h3-6,9,14,16H,7-8,10-13H2,1-2H3/b15-9+/t14-,16+. The molecule has 0 radical (unpaired) electrons. The van der Waals surface area contributed by atoms with Gasteiger partial charge in [0.25, 0.3) is 0 Å². The molecule has 0 atom stereocenters. The van der Waals surface area contributed by atoms with Crippen LogP contribution in [0.3, 0.4) is 0 Å². The molecule has 1 aromatic heterocycles. The summed E-state index contributed by atoms with van der Waals surface area (Å²) in [6.07, 6.45) is 9.46. The van der Waals surface area contributed by atoms with Crippen molar-refractivity contribution in [1.82, 2.24) is 4.98 Å². The molecule has 0 unspecified atom stereocenters. The lowest BCUT2D eigenvalue weighted by Gasteiger charge is -2.25. The summed E-state index contributed by atoms with van der Waals surface area (Å²) in [5.74, 6) is 2.96. The Morgan fingerprint density at radius 1 is 1.27 bits per heavy atom. The van der Waals surface area contributed by atoms with Crippen molar-refractivity contribution >= 4 is 33.3 Å². The first kappa shape index (κ1) is 16.1. The van der Waals surface area contributed by atoms with E-state index < -0.39 is 0 Å². The maximum atomic E-state index is 4.70. The first-order valence-electron chi connectivity index (χ1n) is 8.34. The molecule has 0 bridgehead atoms. The summed E-state index contributed by atoms with van der Waals surface area (Å²) in [5, 5.41) is 0. The predicted molar refractivity (Wildman–Crippen MR) is 99.8 cm³/mol. The maximum Gasteiger partial charge on any atom is 0.151 e. The van der Waals surface area contributed by atoms with Crippen LogP contribution in [-0.2, 0) is 0 Å². The van der Waals surface area contributed by atoms with Gasteiger partial charge in [-0.1, -0.05) is 55.3 Å². The molecule has 1 aliphatic carbocycles. The molecule has 3 rings (SSSR count). The Labute approximate surface area is 142 Å². The molecule has 1 heterocycles. The van der Waals surface area contributed by atoms with E-state index >= 15 is 0 Å². The quantitative estimate of drug-likeness (QED) is 0.455. The van der Waals surface area contributed by atoms with Gasteiger partial charge >= 0.3 is 0 Å². The van der Waals surface area contributed by atoms with E-state index in [0.29, 0.717) is 0 Å². The normalized spacial score (nSPS) is 23.1. The second-order valence-corrected chi connectivity index (χ2v) is 8.90. The van der Waals surface area contributed by atoms with E-state index in [1.165, 1.54) is 46.7 Å². The molecule has 3 heteroatoms. The lowest BCUT2D eigenvalue weighted by Crippen LogP contribution is -2.11. The van der Waals surface area contributed by atoms with Crippen LogP contribution in [0.4, 0.5) is 0 Å². The number of nitrogens with zero attached hydrogens (tertiary/aromatic N) is 1. The highest BCUT2D eigenvalue weighted by molar-refractivity contribution is 8.01. The predicted octanol–water partition coefficient (Wildman–Crippen LogP) is 6.55. The SMILES string of the molecule is C/C(=C\C[C@H]1CC[C@@H](C)CC1)CSc1nc2ccccc2s1. The number of aromatic nitrogens is 1. The molecule has 118 valence electrons. The van der Waals surface area contributed by atoms with Crippen LogP contribution in [0, 0.1) is 11.8 Å². The summed E-state index contributed by atoms with van der Waals surface area (Å²) in [6.45, 7) is 4.66.